The van der Waals surface area contributed by atoms with Crippen LogP contribution in [0.4, 0.5) is 0 Å². The van der Waals surface area contributed by atoms with Crippen molar-refractivity contribution in [3.05, 3.63) is 29.8 Å². The number of likely N-dealkylation sites (tertiary alicyclic amines) is 1. The Kier molecular flexibility index (Phi) is 11.6. The fraction of sp³-hybridized carbons (Fsp3) is 0.600. The maximum absolute atomic E-state index is 12.3. The van der Waals surface area contributed by atoms with Crippen LogP contribution in [0.2, 0.25) is 0 Å². The molecule has 0 radical (unpaired) electrons. The van der Waals surface area contributed by atoms with Gasteiger partial charge in [0.2, 0.25) is 15.9 Å². The van der Waals surface area contributed by atoms with Crippen LogP contribution in [0.3, 0.4) is 0 Å². The highest BCUT2D eigenvalue weighted by atomic mass is 127. The Bertz CT molecular complexity index is 830. The van der Waals surface area contributed by atoms with Crippen LogP contribution >= 0.6 is 24.0 Å². The molecule has 9 nitrogen and oxygen atoms in total. The molecule has 176 valence electrons. The first-order chi connectivity index (χ1) is 14.3. The summed E-state index contributed by atoms with van der Waals surface area (Å²) in [7, 11) is 1.65. The first kappa shape index (κ1) is 27.4. The molecule has 1 aromatic carbocycles. The fourth-order valence-electron chi connectivity index (χ4n) is 3.16. The third kappa shape index (κ3) is 8.45. The minimum absolute atomic E-state index is 0. The van der Waals surface area contributed by atoms with Crippen molar-refractivity contribution in [2.75, 3.05) is 53.9 Å². The van der Waals surface area contributed by atoms with Crippen molar-refractivity contribution >= 4 is 45.9 Å². The minimum Gasteiger partial charge on any atom is -0.497 e. The summed E-state index contributed by atoms with van der Waals surface area (Å²) >= 11 is 0. The second kappa shape index (κ2) is 13.1. The minimum atomic E-state index is -3.35. The SMILES string of the molecule is CCNS(=O)(=O)C1CCN(C(=NCC(=O)N(C)C)NCCc2ccc(OC)cc2)C1.I. The van der Waals surface area contributed by atoms with E-state index in [2.05, 4.69) is 15.0 Å². The van der Waals surface area contributed by atoms with Gasteiger partial charge in [-0.3, -0.25) is 4.79 Å². The van der Waals surface area contributed by atoms with E-state index in [0.717, 1.165) is 17.7 Å². The van der Waals surface area contributed by atoms with E-state index in [0.29, 0.717) is 38.6 Å². The molecule has 31 heavy (non-hydrogen) atoms. The monoisotopic (exact) mass is 567 g/mol. The molecule has 1 aromatic rings. The largest absolute Gasteiger partial charge is 0.497 e. The predicted octanol–water partition coefficient (Wildman–Crippen LogP) is 0.903. The number of nitrogens with one attached hydrogen (secondary N) is 2. The predicted molar refractivity (Wildman–Crippen MR) is 134 cm³/mol. The number of hydrogen-bond donors (Lipinski definition) is 2. The van der Waals surface area contributed by atoms with Crippen molar-refractivity contribution in [2.45, 2.75) is 25.0 Å². The van der Waals surface area contributed by atoms with Gasteiger partial charge < -0.3 is 19.9 Å². The Morgan fingerprint density at radius 3 is 2.55 bits per heavy atom. The van der Waals surface area contributed by atoms with Gasteiger partial charge in [0.1, 0.15) is 12.3 Å². The molecular formula is C20H34IN5O4S. The molecule has 0 aromatic heterocycles. The Morgan fingerprint density at radius 2 is 1.97 bits per heavy atom. The van der Waals surface area contributed by atoms with Gasteiger partial charge in [-0.15, -0.1) is 24.0 Å². The number of benzene rings is 1. The van der Waals surface area contributed by atoms with E-state index in [-0.39, 0.29) is 36.4 Å². The van der Waals surface area contributed by atoms with Gasteiger partial charge in [0, 0.05) is 40.3 Å². The van der Waals surface area contributed by atoms with Gasteiger partial charge in [-0.1, -0.05) is 19.1 Å². The molecule has 1 unspecified atom stereocenters. The number of carbonyl (C=O) groups excluding carboxylic acids is 1. The molecule has 1 fully saturated rings. The summed E-state index contributed by atoms with van der Waals surface area (Å²) in [5.74, 6) is 1.26. The number of sulfonamides is 1. The zero-order chi connectivity index (χ0) is 22.1. The van der Waals surface area contributed by atoms with Crippen molar-refractivity contribution < 1.29 is 17.9 Å². The molecule has 0 bridgehead atoms. The number of rotatable bonds is 9. The van der Waals surface area contributed by atoms with Crippen LogP contribution < -0.4 is 14.8 Å². The van der Waals surface area contributed by atoms with Gasteiger partial charge >= 0.3 is 0 Å². The van der Waals surface area contributed by atoms with E-state index in [4.69, 9.17) is 4.74 Å². The van der Waals surface area contributed by atoms with Gasteiger partial charge in [-0.05, 0) is 30.5 Å². The van der Waals surface area contributed by atoms with Crippen molar-refractivity contribution in [3.63, 3.8) is 0 Å². The van der Waals surface area contributed by atoms with E-state index in [1.807, 2.05) is 29.2 Å². The van der Waals surface area contributed by atoms with Crippen molar-refractivity contribution in [1.29, 1.82) is 0 Å². The maximum Gasteiger partial charge on any atom is 0.243 e. The molecular weight excluding hydrogens is 533 g/mol. The van der Waals surface area contributed by atoms with E-state index in [1.165, 1.54) is 4.90 Å². The molecule has 1 aliphatic rings. The highest BCUT2D eigenvalue weighted by molar-refractivity contribution is 14.0. The summed E-state index contributed by atoms with van der Waals surface area (Å²) in [5, 5.41) is 2.81. The van der Waals surface area contributed by atoms with Gasteiger partial charge in [0.05, 0.1) is 12.4 Å². The number of likely N-dealkylation sites (N-methyl/N-ethyl adjacent to an activating group) is 1. The summed E-state index contributed by atoms with van der Waals surface area (Å²) < 4.78 is 32.4. The zero-order valence-electron chi connectivity index (χ0n) is 18.6. The number of hydrogen-bond acceptors (Lipinski definition) is 5. The lowest BCUT2D eigenvalue weighted by atomic mass is 10.1. The lowest BCUT2D eigenvalue weighted by Gasteiger charge is -2.22. The van der Waals surface area contributed by atoms with E-state index >= 15 is 0 Å². The number of carbonyl (C=O) groups is 1. The summed E-state index contributed by atoms with van der Waals surface area (Å²) in [6, 6.07) is 7.83. The molecule has 1 aliphatic heterocycles. The molecule has 0 aliphatic carbocycles. The second-order valence-electron chi connectivity index (χ2n) is 7.35. The molecule has 1 saturated heterocycles. The number of amides is 1. The molecule has 0 saturated carbocycles. The molecule has 2 rings (SSSR count). The molecule has 11 heteroatoms. The molecule has 1 amide bonds. The van der Waals surface area contributed by atoms with Crippen molar-refractivity contribution in [1.82, 2.24) is 19.8 Å². The average molecular weight is 567 g/mol. The maximum atomic E-state index is 12.3. The van der Waals surface area contributed by atoms with Gasteiger partial charge in [0.15, 0.2) is 5.96 Å². The number of methoxy groups -OCH3 is 1. The summed E-state index contributed by atoms with van der Waals surface area (Å²) in [5.41, 5.74) is 1.14. The lowest BCUT2D eigenvalue weighted by molar-refractivity contribution is -0.127. The van der Waals surface area contributed by atoms with E-state index < -0.39 is 15.3 Å². The zero-order valence-corrected chi connectivity index (χ0v) is 21.8. The summed E-state index contributed by atoms with van der Waals surface area (Å²) in [6.07, 6.45) is 1.29. The topological polar surface area (TPSA) is 103 Å². The number of ether oxygens (including phenoxy) is 1. The number of halogens is 1. The van der Waals surface area contributed by atoms with Crippen LogP contribution in [-0.4, -0.2) is 89.3 Å². The van der Waals surface area contributed by atoms with Crippen LogP contribution in [0.15, 0.2) is 29.3 Å². The van der Waals surface area contributed by atoms with Crippen LogP contribution in [0.25, 0.3) is 0 Å². The normalized spacial score (nSPS) is 16.6. The number of aliphatic imine (C=N–C) groups is 1. The van der Waals surface area contributed by atoms with Crippen LogP contribution in [0, 0.1) is 0 Å². The highest BCUT2D eigenvalue weighted by Crippen LogP contribution is 2.16. The van der Waals surface area contributed by atoms with Gasteiger partial charge in [-0.2, -0.15) is 0 Å². The third-order valence-electron chi connectivity index (χ3n) is 4.95. The fourth-order valence-corrected chi connectivity index (χ4v) is 4.59. The third-order valence-corrected chi connectivity index (χ3v) is 6.90. The van der Waals surface area contributed by atoms with E-state index in [1.54, 1.807) is 28.1 Å². The number of nitrogens with zero attached hydrogens (tertiary/aromatic N) is 3. The van der Waals surface area contributed by atoms with Gasteiger partial charge in [-0.25, -0.2) is 18.1 Å². The smallest absolute Gasteiger partial charge is 0.243 e. The van der Waals surface area contributed by atoms with Crippen molar-refractivity contribution in [3.8, 4) is 5.75 Å². The van der Waals surface area contributed by atoms with Crippen LogP contribution in [0.5, 0.6) is 5.75 Å². The lowest BCUT2D eigenvalue weighted by Crippen LogP contribution is -2.43. The molecule has 2 N–H and O–H groups in total. The summed E-state index contributed by atoms with van der Waals surface area (Å²) in [4.78, 5) is 19.8. The van der Waals surface area contributed by atoms with Gasteiger partial charge in [0.25, 0.3) is 0 Å². The first-order valence-corrected chi connectivity index (χ1v) is 11.7. The quantitative estimate of drug-likeness (QED) is 0.261. The Labute approximate surface area is 202 Å². The summed E-state index contributed by atoms with van der Waals surface area (Å²) in [6.45, 7) is 3.68. The Morgan fingerprint density at radius 1 is 1.29 bits per heavy atom. The van der Waals surface area contributed by atoms with Crippen LogP contribution in [0.1, 0.15) is 18.9 Å². The highest BCUT2D eigenvalue weighted by Gasteiger charge is 2.34. The molecule has 0 spiro atoms. The average Bonchev–Trinajstić information content (AvgIpc) is 3.21. The Balaban J connectivity index is 0.00000480. The first-order valence-electron chi connectivity index (χ1n) is 10.1. The van der Waals surface area contributed by atoms with Crippen LogP contribution in [-0.2, 0) is 21.2 Å². The van der Waals surface area contributed by atoms with E-state index in [9.17, 15) is 13.2 Å². The standard InChI is InChI=1S/C20H33N5O4S.HI/c1-5-23-30(27,28)18-11-13-25(15-18)20(22-14-19(26)24(2)3)21-12-10-16-6-8-17(29-4)9-7-16;/h6-9,18,23H,5,10-15H2,1-4H3,(H,21,22);1H. The number of guanidine groups is 1. The molecule has 1 heterocycles. The Hall–Kier alpha value is -1.60. The second-order valence-corrected chi connectivity index (χ2v) is 9.40. The van der Waals surface area contributed by atoms with Crippen molar-refractivity contribution in [2.24, 2.45) is 4.99 Å². The molecule has 1 atom stereocenters.